The van der Waals surface area contributed by atoms with E-state index in [4.69, 9.17) is 27.9 Å². The molecule has 0 spiro atoms. The first kappa shape index (κ1) is 17.6. The lowest BCUT2D eigenvalue weighted by molar-refractivity contribution is 0.306. The van der Waals surface area contributed by atoms with Gasteiger partial charge in [0.2, 0.25) is 0 Å². The largest absolute Gasteiger partial charge is 0.489 e. The third kappa shape index (κ3) is 5.12. The van der Waals surface area contributed by atoms with Crippen LogP contribution < -0.4 is 10.1 Å². The van der Waals surface area contributed by atoms with Gasteiger partial charge in [-0.15, -0.1) is 0 Å². The number of hydrogen-bond donors (Lipinski definition) is 1. The molecule has 0 aliphatic rings. The quantitative estimate of drug-likeness (QED) is 0.543. The van der Waals surface area contributed by atoms with E-state index in [1.54, 1.807) is 24.3 Å². The van der Waals surface area contributed by atoms with Gasteiger partial charge in [0.05, 0.1) is 10.0 Å². The Morgan fingerprint density at radius 3 is 2.16 bits per heavy atom. The topological polar surface area (TPSA) is 21.3 Å². The van der Waals surface area contributed by atoms with Crippen LogP contribution in [0.4, 0.5) is 10.1 Å². The van der Waals surface area contributed by atoms with Crippen molar-refractivity contribution in [1.29, 1.82) is 0 Å². The van der Waals surface area contributed by atoms with E-state index in [0.717, 1.165) is 22.6 Å². The Morgan fingerprint density at radius 1 is 0.800 bits per heavy atom. The standard InChI is InChI=1S/C20H16Cl2FNO/c21-19-10-3-15(11-20(19)22)13-25-18-8-1-14(2-9-18)12-24-17-6-4-16(23)5-7-17/h1-11,24H,12-13H2. The molecule has 3 rings (SSSR count). The fraction of sp³-hybridized carbons (Fsp3) is 0.100. The zero-order valence-corrected chi connectivity index (χ0v) is 14.8. The monoisotopic (exact) mass is 375 g/mol. The summed E-state index contributed by atoms with van der Waals surface area (Å²) in [4.78, 5) is 0. The van der Waals surface area contributed by atoms with Crippen LogP contribution in [0.25, 0.3) is 0 Å². The predicted molar refractivity (Wildman–Crippen MR) is 101 cm³/mol. The molecule has 3 aromatic rings. The highest BCUT2D eigenvalue weighted by Gasteiger charge is 2.01. The van der Waals surface area contributed by atoms with Gasteiger partial charge >= 0.3 is 0 Å². The molecular formula is C20H16Cl2FNO. The van der Waals surface area contributed by atoms with Crippen molar-refractivity contribution in [2.75, 3.05) is 5.32 Å². The van der Waals surface area contributed by atoms with Crippen LogP contribution in [0.5, 0.6) is 5.75 Å². The molecule has 0 aromatic heterocycles. The highest BCUT2D eigenvalue weighted by atomic mass is 35.5. The zero-order valence-electron chi connectivity index (χ0n) is 13.3. The summed E-state index contributed by atoms with van der Waals surface area (Å²) in [6.07, 6.45) is 0. The van der Waals surface area contributed by atoms with E-state index in [2.05, 4.69) is 5.32 Å². The molecule has 0 bridgehead atoms. The maximum atomic E-state index is 12.9. The fourth-order valence-electron chi connectivity index (χ4n) is 2.27. The van der Waals surface area contributed by atoms with E-state index in [0.29, 0.717) is 23.2 Å². The van der Waals surface area contributed by atoms with Crippen molar-refractivity contribution in [2.45, 2.75) is 13.2 Å². The van der Waals surface area contributed by atoms with Crippen LogP contribution in [-0.2, 0) is 13.2 Å². The van der Waals surface area contributed by atoms with Crippen LogP contribution in [0, 0.1) is 5.82 Å². The van der Waals surface area contributed by atoms with Crippen LogP contribution in [-0.4, -0.2) is 0 Å². The Morgan fingerprint density at radius 2 is 1.48 bits per heavy atom. The number of hydrogen-bond acceptors (Lipinski definition) is 2. The average Bonchev–Trinajstić information content (AvgIpc) is 2.63. The van der Waals surface area contributed by atoms with Gasteiger partial charge in [-0.2, -0.15) is 0 Å². The average molecular weight is 376 g/mol. The minimum Gasteiger partial charge on any atom is -0.489 e. The maximum Gasteiger partial charge on any atom is 0.123 e. The number of benzene rings is 3. The van der Waals surface area contributed by atoms with Crippen LogP contribution >= 0.6 is 23.2 Å². The van der Waals surface area contributed by atoms with E-state index in [9.17, 15) is 4.39 Å². The second-order valence-electron chi connectivity index (χ2n) is 5.54. The normalized spacial score (nSPS) is 10.5. The molecule has 0 aliphatic carbocycles. The van der Waals surface area contributed by atoms with E-state index < -0.39 is 0 Å². The number of ether oxygens (including phenoxy) is 1. The van der Waals surface area contributed by atoms with Crippen molar-refractivity contribution in [3.63, 3.8) is 0 Å². The van der Waals surface area contributed by atoms with Gasteiger partial charge in [-0.3, -0.25) is 0 Å². The molecule has 1 N–H and O–H groups in total. The molecule has 0 saturated heterocycles. The van der Waals surface area contributed by atoms with Gasteiger partial charge < -0.3 is 10.1 Å². The van der Waals surface area contributed by atoms with Gasteiger partial charge in [-0.1, -0.05) is 41.4 Å². The molecule has 0 radical (unpaired) electrons. The molecule has 0 fully saturated rings. The lowest BCUT2D eigenvalue weighted by Crippen LogP contribution is -2.00. The summed E-state index contributed by atoms with van der Waals surface area (Å²) in [5, 5.41) is 4.29. The molecule has 0 amide bonds. The highest BCUT2D eigenvalue weighted by molar-refractivity contribution is 6.42. The van der Waals surface area contributed by atoms with Crippen LogP contribution in [0.15, 0.2) is 66.7 Å². The summed E-state index contributed by atoms with van der Waals surface area (Å²) in [5.41, 5.74) is 2.93. The molecule has 0 saturated carbocycles. The van der Waals surface area contributed by atoms with E-state index in [1.165, 1.54) is 12.1 Å². The summed E-state index contributed by atoms with van der Waals surface area (Å²) < 4.78 is 18.6. The van der Waals surface area contributed by atoms with Crippen molar-refractivity contribution in [3.05, 3.63) is 93.7 Å². The molecule has 0 aliphatic heterocycles. The van der Waals surface area contributed by atoms with Gasteiger partial charge in [0.1, 0.15) is 18.2 Å². The zero-order chi connectivity index (χ0) is 17.6. The first-order chi connectivity index (χ1) is 12.1. The van der Waals surface area contributed by atoms with Crippen molar-refractivity contribution in [3.8, 4) is 5.75 Å². The number of rotatable bonds is 6. The first-order valence-electron chi connectivity index (χ1n) is 7.75. The molecule has 25 heavy (non-hydrogen) atoms. The SMILES string of the molecule is Fc1ccc(NCc2ccc(OCc3ccc(Cl)c(Cl)c3)cc2)cc1. The Kier molecular flexibility index (Phi) is 5.79. The summed E-state index contributed by atoms with van der Waals surface area (Å²) in [7, 11) is 0. The molecule has 0 heterocycles. The Bertz CT molecular complexity index is 835. The molecule has 0 unspecified atom stereocenters. The predicted octanol–water partition coefficient (Wildman–Crippen LogP) is 6.32. The molecule has 128 valence electrons. The van der Waals surface area contributed by atoms with Gasteiger partial charge in [0.25, 0.3) is 0 Å². The number of nitrogens with one attached hydrogen (secondary N) is 1. The lowest BCUT2D eigenvalue weighted by Gasteiger charge is -2.09. The molecule has 3 aromatic carbocycles. The number of anilines is 1. The Balaban J connectivity index is 1.53. The summed E-state index contributed by atoms with van der Waals surface area (Å²) in [6, 6.07) is 19.5. The molecule has 0 atom stereocenters. The van der Waals surface area contributed by atoms with Crippen LogP contribution in [0.3, 0.4) is 0 Å². The number of halogens is 3. The second kappa shape index (κ2) is 8.24. The van der Waals surface area contributed by atoms with E-state index in [-0.39, 0.29) is 5.82 Å². The van der Waals surface area contributed by atoms with Crippen molar-refractivity contribution in [1.82, 2.24) is 0 Å². The van der Waals surface area contributed by atoms with Gasteiger partial charge in [0.15, 0.2) is 0 Å². The molecule has 2 nitrogen and oxygen atoms in total. The fourth-order valence-corrected chi connectivity index (χ4v) is 2.59. The van der Waals surface area contributed by atoms with Crippen LogP contribution in [0.2, 0.25) is 10.0 Å². The third-order valence-electron chi connectivity index (χ3n) is 3.65. The third-order valence-corrected chi connectivity index (χ3v) is 4.39. The summed E-state index contributed by atoms with van der Waals surface area (Å²) >= 11 is 11.9. The molecular weight excluding hydrogens is 360 g/mol. The first-order valence-corrected chi connectivity index (χ1v) is 8.51. The van der Waals surface area contributed by atoms with E-state index in [1.807, 2.05) is 30.3 Å². The highest BCUT2D eigenvalue weighted by Crippen LogP contribution is 2.23. The van der Waals surface area contributed by atoms with Gasteiger partial charge in [-0.25, -0.2) is 4.39 Å². The van der Waals surface area contributed by atoms with E-state index >= 15 is 0 Å². The second-order valence-corrected chi connectivity index (χ2v) is 6.36. The molecule has 5 heteroatoms. The van der Waals surface area contributed by atoms with Gasteiger partial charge in [-0.05, 0) is 59.7 Å². The van der Waals surface area contributed by atoms with Gasteiger partial charge in [0, 0.05) is 12.2 Å². The van der Waals surface area contributed by atoms with Crippen molar-refractivity contribution in [2.24, 2.45) is 0 Å². The lowest BCUT2D eigenvalue weighted by atomic mass is 10.2. The Labute approximate surface area is 156 Å². The summed E-state index contributed by atoms with van der Waals surface area (Å²) in [6.45, 7) is 1.07. The van der Waals surface area contributed by atoms with Crippen molar-refractivity contribution < 1.29 is 9.13 Å². The smallest absolute Gasteiger partial charge is 0.123 e. The summed E-state index contributed by atoms with van der Waals surface area (Å²) in [5.74, 6) is 0.533. The minimum absolute atomic E-state index is 0.242. The van der Waals surface area contributed by atoms with Crippen LogP contribution in [0.1, 0.15) is 11.1 Å². The van der Waals surface area contributed by atoms with Crippen molar-refractivity contribution >= 4 is 28.9 Å². The Hall–Kier alpha value is -2.23. The minimum atomic E-state index is -0.242. The maximum absolute atomic E-state index is 12.9.